The molecule has 1 amide bonds. The van der Waals surface area contributed by atoms with E-state index in [9.17, 15) is 21.6 Å². The van der Waals surface area contributed by atoms with Gasteiger partial charge in [-0.3, -0.25) is 4.79 Å². The number of benzene rings is 2. The van der Waals surface area contributed by atoms with E-state index in [2.05, 4.69) is 22.2 Å². The second-order valence-corrected chi connectivity index (χ2v) is 15.0. The lowest BCUT2D eigenvalue weighted by Crippen LogP contribution is -2.57. The lowest BCUT2D eigenvalue weighted by molar-refractivity contribution is -0.126. The fourth-order valence-corrected chi connectivity index (χ4v) is 10.6. The van der Waals surface area contributed by atoms with Crippen molar-refractivity contribution in [1.82, 2.24) is 19.4 Å². The minimum atomic E-state index is -4.26. The molecule has 11 heteroatoms. The molecule has 5 rings (SSSR count). The first-order valence-electron chi connectivity index (χ1n) is 13.6. The molecule has 1 N–H and O–H groups in total. The first kappa shape index (κ1) is 27.5. The number of nitrogens with zero attached hydrogens (tertiary/aromatic N) is 3. The van der Waals surface area contributed by atoms with E-state index in [0.29, 0.717) is 32.4 Å². The summed E-state index contributed by atoms with van der Waals surface area (Å²) < 4.78 is 55.2. The average Bonchev–Trinajstić information content (AvgIpc) is 3.45. The van der Waals surface area contributed by atoms with Gasteiger partial charge in [0.25, 0.3) is 15.9 Å². The number of sulfonamides is 1. The molecule has 3 fully saturated rings. The topological polar surface area (TPSA) is 107 Å². The van der Waals surface area contributed by atoms with Crippen molar-refractivity contribution in [2.24, 2.45) is 0 Å². The number of carbonyl (C=O) groups is 1. The third-order valence-corrected chi connectivity index (χ3v) is 12.9. The Morgan fingerprint density at radius 1 is 1.00 bits per heavy atom. The third kappa shape index (κ3) is 4.56. The Hall–Kier alpha value is -2.05. The van der Waals surface area contributed by atoms with Gasteiger partial charge in [0.05, 0.1) is 22.7 Å². The van der Waals surface area contributed by atoms with E-state index in [1.165, 1.54) is 6.07 Å². The molecular formula is C27H38N4O5S2. The number of rotatable bonds is 9. The van der Waals surface area contributed by atoms with Crippen molar-refractivity contribution in [1.29, 1.82) is 0 Å². The molecule has 0 radical (unpaired) electrons. The first-order chi connectivity index (χ1) is 18.1. The lowest BCUT2D eigenvalue weighted by Gasteiger charge is -2.34. The van der Waals surface area contributed by atoms with Crippen LogP contribution >= 0.6 is 0 Å². The zero-order valence-electron chi connectivity index (χ0n) is 22.2. The number of hydrogen-bond acceptors (Lipinski definition) is 8. The molecule has 38 heavy (non-hydrogen) atoms. The zero-order valence-corrected chi connectivity index (χ0v) is 23.8. The molecule has 3 saturated heterocycles. The third-order valence-electron chi connectivity index (χ3n) is 8.49. The molecule has 0 bridgehead atoms. The molecule has 9 nitrogen and oxygen atoms in total. The summed E-state index contributed by atoms with van der Waals surface area (Å²) in [5.41, 5.74) is 0. The van der Waals surface area contributed by atoms with Crippen LogP contribution in [0.2, 0.25) is 0 Å². The molecular weight excluding hydrogens is 524 g/mol. The number of carbonyl (C=O) groups excluding carboxylic acids is 1. The normalized spacial score (nSPS) is 27.3. The van der Waals surface area contributed by atoms with Crippen LogP contribution in [0.15, 0.2) is 47.4 Å². The Balaban J connectivity index is 1.46. The summed E-state index contributed by atoms with van der Waals surface area (Å²) in [7, 11) is -6.15. The Morgan fingerprint density at radius 2 is 1.71 bits per heavy atom. The Bertz CT molecular complexity index is 1410. The van der Waals surface area contributed by atoms with Gasteiger partial charge < -0.3 is 15.1 Å². The van der Waals surface area contributed by atoms with E-state index < -0.39 is 42.6 Å². The van der Waals surface area contributed by atoms with Gasteiger partial charge in [0.1, 0.15) is 0 Å². The summed E-state index contributed by atoms with van der Waals surface area (Å²) in [6.07, 6.45) is 1.36. The van der Waals surface area contributed by atoms with E-state index in [4.69, 9.17) is 0 Å². The molecule has 3 aliphatic rings. The summed E-state index contributed by atoms with van der Waals surface area (Å²) in [6, 6.07) is 10.8. The summed E-state index contributed by atoms with van der Waals surface area (Å²) in [5.74, 6) is -0.936. The molecule has 3 unspecified atom stereocenters. The van der Waals surface area contributed by atoms with Gasteiger partial charge in [-0.1, -0.05) is 43.7 Å². The number of hydrogen-bond donors (Lipinski definition) is 1. The van der Waals surface area contributed by atoms with Crippen molar-refractivity contribution >= 4 is 36.5 Å². The molecule has 0 saturated carbocycles. The largest absolute Gasteiger partial charge is 0.310 e. The predicted octanol–water partition coefficient (Wildman–Crippen LogP) is 1.69. The molecule has 2 aromatic rings. The summed E-state index contributed by atoms with van der Waals surface area (Å²) in [4.78, 5) is 18.7. The van der Waals surface area contributed by atoms with Crippen LogP contribution in [0.3, 0.4) is 0 Å². The van der Waals surface area contributed by atoms with E-state index in [1.54, 1.807) is 12.1 Å². The average molecular weight is 563 g/mol. The SMILES string of the molecule is CCCC1(S(=O)(=O)CCCN2CCN(C)CC2)C(=O)N(S(=O)(=O)c2ccc3ccccc3c2)C2CCNC21. The highest BCUT2D eigenvalue weighted by Gasteiger charge is 2.69. The van der Waals surface area contributed by atoms with Gasteiger partial charge in [-0.2, -0.15) is 0 Å². The fourth-order valence-electron chi connectivity index (χ4n) is 6.46. The van der Waals surface area contributed by atoms with E-state index in [1.807, 2.05) is 31.2 Å². The maximum atomic E-state index is 14.2. The van der Waals surface area contributed by atoms with E-state index in [-0.39, 0.29) is 17.1 Å². The van der Waals surface area contributed by atoms with Crippen molar-refractivity contribution in [2.45, 2.75) is 54.3 Å². The Labute approximate surface area is 226 Å². The first-order valence-corrected chi connectivity index (χ1v) is 16.7. The Kier molecular flexibility index (Phi) is 7.60. The van der Waals surface area contributed by atoms with Gasteiger partial charge in [0.2, 0.25) is 0 Å². The van der Waals surface area contributed by atoms with Gasteiger partial charge in [-0.25, -0.2) is 21.1 Å². The minimum absolute atomic E-state index is 0.00922. The number of fused-ring (bicyclic) bond motifs is 2. The van der Waals surface area contributed by atoms with Gasteiger partial charge in [0, 0.05) is 26.2 Å². The van der Waals surface area contributed by atoms with Crippen LogP contribution in [0.1, 0.15) is 32.6 Å². The fraction of sp³-hybridized carbons (Fsp3) is 0.593. The van der Waals surface area contributed by atoms with Crippen LogP contribution in [-0.4, -0.2) is 106 Å². The van der Waals surface area contributed by atoms with Gasteiger partial charge in [-0.05, 0) is 62.3 Å². The summed E-state index contributed by atoms with van der Waals surface area (Å²) in [6.45, 7) is 6.62. The summed E-state index contributed by atoms with van der Waals surface area (Å²) >= 11 is 0. The maximum absolute atomic E-state index is 14.2. The van der Waals surface area contributed by atoms with Crippen LogP contribution in [0, 0.1) is 0 Å². The molecule has 3 heterocycles. The van der Waals surface area contributed by atoms with Gasteiger partial charge in [-0.15, -0.1) is 0 Å². The van der Waals surface area contributed by atoms with Crippen LogP contribution in [-0.2, 0) is 24.7 Å². The predicted molar refractivity (Wildman–Crippen MR) is 148 cm³/mol. The smallest absolute Gasteiger partial charge is 0.266 e. The van der Waals surface area contributed by atoms with Crippen molar-refractivity contribution in [3.63, 3.8) is 0 Å². The quantitative estimate of drug-likeness (QED) is 0.492. The molecule has 3 atom stereocenters. The standard InChI is InChI=1S/C27H38N4O5S2/c1-3-12-27(37(33,34)19-6-14-30-17-15-29(2)16-18-30)25-24(11-13-28-25)31(26(27)32)38(35,36)23-10-9-21-7-4-5-8-22(21)20-23/h4-5,7-10,20,24-25,28H,3,6,11-19H2,1-2H3. The highest BCUT2D eigenvalue weighted by molar-refractivity contribution is 7.94. The molecule has 0 spiro atoms. The van der Waals surface area contributed by atoms with Crippen LogP contribution in [0.5, 0.6) is 0 Å². The second kappa shape index (κ2) is 10.5. The molecule has 2 aromatic carbocycles. The van der Waals surface area contributed by atoms with Crippen LogP contribution < -0.4 is 5.32 Å². The zero-order chi connectivity index (χ0) is 27.1. The second-order valence-electron chi connectivity index (χ2n) is 10.9. The molecule has 0 aromatic heterocycles. The monoisotopic (exact) mass is 562 g/mol. The van der Waals surface area contributed by atoms with Crippen LogP contribution in [0.4, 0.5) is 0 Å². The highest BCUT2D eigenvalue weighted by Crippen LogP contribution is 2.45. The van der Waals surface area contributed by atoms with Crippen molar-refractivity contribution < 1.29 is 21.6 Å². The van der Waals surface area contributed by atoms with Gasteiger partial charge in [0.15, 0.2) is 14.6 Å². The van der Waals surface area contributed by atoms with E-state index >= 15 is 0 Å². The Morgan fingerprint density at radius 3 is 2.42 bits per heavy atom. The highest BCUT2D eigenvalue weighted by atomic mass is 32.2. The number of likely N-dealkylation sites (N-methyl/N-ethyl adjacent to an activating group) is 1. The number of piperazine rings is 1. The summed E-state index contributed by atoms with van der Waals surface area (Å²) in [5, 5.41) is 4.88. The minimum Gasteiger partial charge on any atom is -0.310 e. The molecule has 0 aliphatic carbocycles. The molecule has 208 valence electrons. The maximum Gasteiger partial charge on any atom is 0.266 e. The number of amides is 1. The van der Waals surface area contributed by atoms with Gasteiger partial charge >= 0.3 is 0 Å². The van der Waals surface area contributed by atoms with Crippen molar-refractivity contribution in [3.05, 3.63) is 42.5 Å². The van der Waals surface area contributed by atoms with E-state index in [0.717, 1.165) is 41.3 Å². The number of nitrogens with one attached hydrogen (secondary N) is 1. The van der Waals surface area contributed by atoms with Crippen molar-refractivity contribution in [3.8, 4) is 0 Å². The van der Waals surface area contributed by atoms with Crippen molar-refractivity contribution in [2.75, 3.05) is 52.1 Å². The molecule has 3 aliphatic heterocycles. The van der Waals surface area contributed by atoms with Crippen LogP contribution in [0.25, 0.3) is 10.8 Å². The lowest BCUT2D eigenvalue weighted by atomic mass is 9.94. The number of sulfone groups is 1.